The number of aliphatic hydroxyl groups is 1. The molecule has 0 radical (unpaired) electrons. The van der Waals surface area contributed by atoms with Crippen LogP contribution >= 0.6 is 0 Å². The lowest BCUT2D eigenvalue weighted by Crippen LogP contribution is -2.44. The summed E-state index contributed by atoms with van der Waals surface area (Å²) in [7, 11) is 0. The summed E-state index contributed by atoms with van der Waals surface area (Å²) in [6.45, 7) is 3.78. The van der Waals surface area contributed by atoms with Gasteiger partial charge in [-0.1, -0.05) is 0 Å². The van der Waals surface area contributed by atoms with Gasteiger partial charge in [-0.2, -0.15) is 0 Å². The smallest absolute Gasteiger partial charge is 0.251 e. The van der Waals surface area contributed by atoms with Crippen LogP contribution in [0.15, 0.2) is 18.2 Å². The van der Waals surface area contributed by atoms with Crippen LogP contribution in [-0.2, 0) is 11.2 Å². The third kappa shape index (κ3) is 3.36. The van der Waals surface area contributed by atoms with E-state index in [2.05, 4.69) is 10.6 Å². The monoisotopic (exact) mass is 276 g/mol. The number of aliphatic hydroxyl groups excluding tert-OH is 1. The van der Waals surface area contributed by atoms with Gasteiger partial charge in [-0.3, -0.25) is 9.59 Å². The zero-order chi connectivity index (χ0) is 14.8. The number of amides is 2. The predicted molar refractivity (Wildman–Crippen MR) is 76.6 cm³/mol. The number of anilines is 1. The molecule has 0 fully saturated rings. The van der Waals surface area contributed by atoms with Gasteiger partial charge in [-0.15, -0.1) is 0 Å². The highest BCUT2D eigenvalue weighted by Crippen LogP contribution is 2.23. The average molecular weight is 276 g/mol. The molecule has 0 spiro atoms. The molecular weight excluding hydrogens is 256 g/mol. The van der Waals surface area contributed by atoms with Crippen LogP contribution < -0.4 is 10.6 Å². The maximum absolute atomic E-state index is 12.2. The molecule has 1 aromatic carbocycles. The zero-order valence-corrected chi connectivity index (χ0v) is 11.8. The minimum absolute atomic E-state index is 0.0128. The summed E-state index contributed by atoms with van der Waals surface area (Å²) in [4.78, 5) is 23.5. The van der Waals surface area contributed by atoms with Crippen molar-refractivity contribution >= 4 is 17.5 Å². The van der Waals surface area contributed by atoms with Crippen LogP contribution in [0.4, 0.5) is 5.69 Å². The minimum Gasteiger partial charge on any atom is -0.396 e. The topological polar surface area (TPSA) is 78.4 Å². The second-order valence-corrected chi connectivity index (χ2v) is 5.73. The lowest BCUT2D eigenvalue weighted by molar-refractivity contribution is -0.116. The first-order valence-electron chi connectivity index (χ1n) is 6.77. The van der Waals surface area contributed by atoms with Gasteiger partial charge in [-0.05, 0) is 50.5 Å². The van der Waals surface area contributed by atoms with Gasteiger partial charge in [0.05, 0.1) is 0 Å². The van der Waals surface area contributed by atoms with Crippen molar-refractivity contribution in [3.05, 3.63) is 29.3 Å². The van der Waals surface area contributed by atoms with Gasteiger partial charge in [0.2, 0.25) is 5.91 Å². The second-order valence-electron chi connectivity index (χ2n) is 5.73. The van der Waals surface area contributed by atoms with E-state index in [9.17, 15) is 9.59 Å². The largest absolute Gasteiger partial charge is 0.396 e. The van der Waals surface area contributed by atoms with Crippen molar-refractivity contribution in [1.29, 1.82) is 0 Å². The molecule has 0 aromatic heterocycles. The molecule has 2 amide bonds. The highest BCUT2D eigenvalue weighted by molar-refractivity contribution is 5.98. The highest BCUT2D eigenvalue weighted by atomic mass is 16.3. The predicted octanol–water partition coefficient (Wildman–Crippen LogP) is 1.46. The number of carbonyl (C=O) groups is 2. The molecule has 0 aliphatic carbocycles. The summed E-state index contributed by atoms with van der Waals surface area (Å²) >= 11 is 0. The first-order valence-corrected chi connectivity index (χ1v) is 6.77. The molecule has 5 heteroatoms. The molecule has 1 aliphatic rings. The molecule has 3 N–H and O–H groups in total. The Morgan fingerprint density at radius 3 is 2.85 bits per heavy atom. The number of rotatable bonds is 4. The molecule has 1 aliphatic heterocycles. The number of hydrogen-bond acceptors (Lipinski definition) is 3. The lowest BCUT2D eigenvalue weighted by atomic mass is 9.98. The van der Waals surface area contributed by atoms with Crippen molar-refractivity contribution in [2.45, 2.75) is 38.6 Å². The second kappa shape index (κ2) is 5.63. The third-order valence-corrected chi connectivity index (χ3v) is 3.45. The van der Waals surface area contributed by atoms with Crippen LogP contribution in [0.5, 0.6) is 0 Å². The summed E-state index contributed by atoms with van der Waals surface area (Å²) in [6, 6.07) is 5.29. The Balaban J connectivity index is 2.14. The Kier molecular flexibility index (Phi) is 4.09. The normalized spacial score (nSPS) is 14.4. The van der Waals surface area contributed by atoms with Crippen molar-refractivity contribution in [1.82, 2.24) is 5.32 Å². The summed E-state index contributed by atoms with van der Waals surface area (Å²) in [5.41, 5.74) is 1.89. The standard InChI is InChI=1S/C15H20N2O3/c1-15(2,7-8-18)17-14(20)11-3-5-12-10(9-11)4-6-13(19)16-12/h3,5,9,18H,4,6-8H2,1-2H3,(H,16,19)(H,17,20). The fraction of sp³-hybridized carbons (Fsp3) is 0.467. The van der Waals surface area contributed by atoms with E-state index in [4.69, 9.17) is 5.11 Å². The van der Waals surface area contributed by atoms with Crippen molar-refractivity contribution in [2.75, 3.05) is 11.9 Å². The van der Waals surface area contributed by atoms with Crippen molar-refractivity contribution in [2.24, 2.45) is 0 Å². The van der Waals surface area contributed by atoms with Crippen LogP contribution in [0.1, 0.15) is 42.6 Å². The summed E-state index contributed by atoms with van der Waals surface area (Å²) in [6.07, 6.45) is 1.61. The molecule has 5 nitrogen and oxygen atoms in total. The molecule has 1 heterocycles. The van der Waals surface area contributed by atoms with E-state index in [1.165, 1.54) is 0 Å². The van der Waals surface area contributed by atoms with Crippen LogP contribution in [0, 0.1) is 0 Å². The van der Waals surface area contributed by atoms with Crippen molar-refractivity contribution in [3.63, 3.8) is 0 Å². The Morgan fingerprint density at radius 2 is 2.15 bits per heavy atom. The van der Waals surface area contributed by atoms with E-state index in [0.717, 1.165) is 11.3 Å². The summed E-state index contributed by atoms with van der Waals surface area (Å²) in [5, 5.41) is 14.7. The van der Waals surface area contributed by atoms with Gasteiger partial charge in [-0.25, -0.2) is 0 Å². The van der Waals surface area contributed by atoms with Gasteiger partial charge in [0.1, 0.15) is 0 Å². The van der Waals surface area contributed by atoms with Crippen LogP contribution in [0.3, 0.4) is 0 Å². The Bertz CT molecular complexity index is 538. The molecule has 0 saturated heterocycles. The number of aryl methyl sites for hydroxylation is 1. The van der Waals surface area contributed by atoms with Crippen molar-refractivity contribution in [3.8, 4) is 0 Å². The Hall–Kier alpha value is -1.88. The van der Waals surface area contributed by atoms with Gasteiger partial charge in [0.15, 0.2) is 0 Å². The third-order valence-electron chi connectivity index (χ3n) is 3.45. The van der Waals surface area contributed by atoms with Crippen molar-refractivity contribution < 1.29 is 14.7 Å². The van der Waals surface area contributed by atoms with E-state index >= 15 is 0 Å². The van der Waals surface area contributed by atoms with E-state index in [-0.39, 0.29) is 18.4 Å². The molecule has 2 rings (SSSR count). The molecule has 0 saturated carbocycles. The summed E-state index contributed by atoms with van der Waals surface area (Å²) in [5.74, 6) is -0.151. The molecule has 0 unspecified atom stereocenters. The number of nitrogens with one attached hydrogen (secondary N) is 2. The average Bonchev–Trinajstić information content (AvgIpc) is 2.37. The van der Waals surface area contributed by atoms with Crippen LogP contribution in [-0.4, -0.2) is 29.1 Å². The number of fused-ring (bicyclic) bond motifs is 1. The minimum atomic E-state index is -0.448. The quantitative estimate of drug-likeness (QED) is 0.779. The first kappa shape index (κ1) is 14.5. The SMILES string of the molecule is CC(C)(CCO)NC(=O)c1ccc2c(c1)CCC(=O)N2. The fourth-order valence-electron chi connectivity index (χ4n) is 2.25. The highest BCUT2D eigenvalue weighted by Gasteiger charge is 2.22. The van der Waals surface area contributed by atoms with E-state index in [1.807, 2.05) is 19.9 Å². The van der Waals surface area contributed by atoms with Crippen LogP contribution in [0.25, 0.3) is 0 Å². The van der Waals surface area contributed by atoms with E-state index in [1.54, 1.807) is 12.1 Å². The maximum Gasteiger partial charge on any atom is 0.251 e. The van der Waals surface area contributed by atoms with Crippen LogP contribution in [0.2, 0.25) is 0 Å². The molecule has 108 valence electrons. The van der Waals surface area contributed by atoms with Gasteiger partial charge >= 0.3 is 0 Å². The zero-order valence-electron chi connectivity index (χ0n) is 11.8. The van der Waals surface area contributed by atoms with Gasteiger partial charge in [0.25, 0.3) is 5.91 Å². The Morgan fingerprint density at radius 1 is 1.40 bits per heavy atom. The first-order chi connectivity index (χ1) is 9.41. The maximum atomic E-state index is 12.2. The number of carbonyl (C=O) groups excluding carboxylic acids is 2. The molecule has 1 aromatic rings. The number of benzene rings is 1. The van der Waals surface area contributed by atoms with E-state index in [0.29, 0.717) is 24.8 Å². The summed E-state index contributed by atoms with van der Waals surface area (Å²) < 4.78 is 0. The molecule has 0 bridgehead atoms. The molecule has 0 atom stereocenters. The van der Waals surface area contributed by atoms with E-state index < -0.39 is 5.54 Å². The Labute approximate surface area is 118 Å². The fourth-order valence-corrected chi connectivity index (χ4v) is 2.25. The van der Waals surface area contributed by atoms with Gasteiger partial charge in [0, 0.05) is 29.8 Å². The lowest BCUT2D eigenvalue weighted by Gasteiger charge is -2.26. The number of hydrogen-bond donors (Lipinski definition) is 3. The van der Waals surface area contributed by atoms with Gasteiger partial charge < -0.3 is 15.7 Å². The molecule has 20 heavy (non-hydrogen) atoms. The molecular formula is C15H20N2O3.